The summed E-state index contributed by atoms with van der Waals surface area (Å²) in [5.74, 6) is -0.616. The monoisotopic (exact) mass is 332 g/mol. The van der Waals surface area contributed by atoms with Crippen LogP contribution in [0.1, 0.15) is 19.8 Å². The average Bonchev–Trinajstić information content (AvgIpc) is 2.99. The summed E-state index contributed by atoms with van der Waals surface area (Å²) in [6.07, 6.45) is 0.185. The maximum Gasteiger partial charge on any atom is 0.316 e. The molecule has 0 aromatic heterocycles. The predicted octanol–water partition coefficient (Wildman–Crippen LogP) is 0.871. The van der Waals surface area contributed by atoms with Gasteiger partial charge in [0, 0.05) is 11.8 Å². The van der Waals surface area contributed by atoms with E-state index >= 15 is 0 Å². The number of thioether (sulfide) groups is 1. The minimum absolute atomic E-state index is 0.0491. The molecule has 0 aromatic rings. The van der Waals surface area contributed by atoms with Crippen LogP contribution in [-0.2, 0) is 28.6 Å². The first-order valence-electron chi connectivity index (χ1n) is 6.74. The standard InChI is InChI=1S/C13H16O6S2/c1-6(2)13(15)20-5-10(14)18-11-7-3-8-9(4-7)21(16,17)19-12(8)11/h7-9,11-12H,1,3-5H2,2H3. The lowest BCUT2D eigenvalue weighted by atomic mass is 9.94. The second-order valence-electron chi connectivity index (χ2n) is 5.80. The third kappa shape index (κ3) is 2.53. The Balaban J connectivity index is 1.59. The lowest BCUT2D eigenvalue weighted by Crippen LogP contribution is -2.37. The molecule has 6 nitrogen and oxygen atoms in total. The molecule has 0 amide bonds. The molecule has 3 fully saturated rings. The van der Waals surface area contributed by atoms with E-state index in [-0.39, 0.29) is 22.7 Å². The van der Waals surface area contributed by atoms with Crippen LogP contribution in [0.25, 0.3) is 0 Å². The van der Waals surface area contributed by atoms with Crippen LogP contribution in [0.5, 0.6) is 0 Å². The Bertz CT molecular complexity index is 610. The van der Waals surface area contributed by atoms with E-state index in [1.807, 2.05) is 0 Å². The molecule has 3 aliphatic rings. The maximum absolute atomic E-state index is 11.8. The summed E-state index contributed by atoms with van der Waals surface area (Å²) < 4.78 is 34.0. The minimum Gasteiger partial charge on any atom is -0.459 e. The number of esters is 1. The van der Waals surface area contributed by atoms with Gasteiger partial charge in [-0.05, 0) is 25.3 Å². The van der Waals surface area contributed by atoms with E-state index in [1.54, 1.807) is 6.92 Å². The fourth-order valence-corrected chi connectivity index (χ4v) is 5.92. The number of hydrogen-bond donors (Lipinski definition) is 0. The van der Waals surface area contributed by atoms with Crippen molar-refractivity contribution in [3.63, 3.8) is 0 Å². The molecule has 8 heteroatoms. The molecule has 0 N–H and O–H groups in total. The van der Waals surface area contributed by atoms with Crippen LogP contribution in [0.3, 0.4) is 0 Å². The van der Waals surface area contributed by atoms with Gasteiger partial charge in [0.05, 0.1) is 11.0 Å². The first-order chi connectivity index (χ1) is 9.79. The number of carbonyl (C=O) groups excluding carboxylic acids is 2. The van der Waals surface area contributed by atoms with Crippen molar-refractivity contribution in [3.8, 4) is 0 Å². The fraction of sp³-hybridized carbons (Fsp3) is 0.692. The molecule has 1 heterocycles. The quantitative estimate of drug-likeness (QED) is 0.429. The first kappa shape index (κ1) is 15.1. The van der Waals surface area contributed by atoms with Gasteiger partial charge in [-0.1, -0.05) is 18.3 Å². The molecular formula is C13H16O6S2. The molecule has 1 saturated heterocycles. The zero-order valence-electron chi connectivity index (χ0n) is 11.5. The van der Waals surface area contributed by atoms with Crippen molar-refractivity contribution in [2.24, 2.45) is 11.8 Å². The Labute approximate surface area is 127 Å². The zero-order chi connectivity index (χ0) is 15.4. The smallest absolute Gasteiger partial charge is 0.316 e. The molecule has 2 aliphatic carbocycles. The van der Waals surface area contributed by atoms with E-state index in [9.17, 15) is 18.0 Å². The van der Waals surface area contributed by atoms with Gasteiger partial charge in [-0.2, -0.15) is 8.42 Å². The molecule has 1 aliphatic heterocycles. The highest BCUT2D eigenvalue weighted by molar-refractivity contribution is 8.14. The molecule has 2 saturated carbocycles. The van der Waals surface area contributed by atoms with E-state index in [0.29, 0.717) is 12.0 Å². The molecule has 0 aromatic carbocycles. The number of rotatable bonds is 4. The molecule has 2 bridgehead atoms. The highest BCUT2D eigenvalue weighted by Gasteiger charge is 2.65. The van der Waals surface area contributed by atoms with Crippen molar-refractivity contribution in [3.05, 3.63) is 12.2 Å². The number of ether oxygens (including phenoxy) is 1. The Morgan fingerprint density at radius 2 is 2.10 bits per heavy atom. The van der Waals surface area contributed by atoms with Crippen molar-refractivity contribution >= 4 is 33.0 Å². The highest BCUT2D eigenvalue weighted by atomic mass is 32.2. The molecule has 116 valence electrons. The Morgan fingerprint density at radius 3 is 2.76 bits per heavy atom. The molecule has 21 heavy (non-hydrogen) atoms. The minimum atomic E-state index is -3.50. The van der Waals surface area contributed by atoms with Gasteiger partial charge in [0.2, 0.25) is 5.12 Å². The maximum atomic E-state index is 11.8. The molecular weight excluding hydrogens is 316 g/mol. The van der Waals surface area contributed by atoms with E-state index < -0.39 is 33.5 Å². The lowest BCUT2D eigenvalue weighted by Gasteiger charge is -2.24. The van der Waals surface area contributed by atoms with Gasteiger partial charge in [-0.15, -0.1) is 0 Å². The largest absolute Gasteiger partial charge is 0.459 e. The van der Waals surface area contributed by atoms with Gasteiger partial charge in [-0.25, -0.2) is 0 Å². The SMILES string of the molecule is C=C(C)C(=O)SCC(=O)OC1C2CC3C1OS(=O)(=O)C3C2. The van der Waals surface area contributed by atoms with Crippen molar-refractivity contribution in [1.29, 1.82) is 0 Å². The van der Waals surface area contributed by atoms with Crippen LogP contribution in [0.2, 0.25) is 0 Å². The van der Waals surface area contributed by atoms with Crippen molar-refractivity contribution < 1.29 is 26.9 Å². The van der Waals surface area contributed by atoms with Gasteiger partial charge in [0.25, 0.3) is 10.1 Å². The zero-order valence-corrected chi connectivity index (χ0v) is 13.1. The topological polar surface area (TPSA) is 86.7 Å². The van der Waals surface area contributed by atoms with Crippen molar-refractivity contribution in [1.82, 2.24) is 0 Å². The highest BCUT2D eigenvalue weighted by Crippen LogP contribution is 2.55. The summed E-state index contributed by atoms with van der Waals surface area (Å²) in [5, 5.41) is -0.679. The Kier molecular flexibility index (Phi) is 3.66. The van der Waals surface area contributed by atoms with Crippen LogP contribution < -0.4 is 0 Å². The molecule has 0 spiro atoms. The van der Waals surface area contributed by atoms with Gasteiger partial charge >= 0.3 is 5.97 Å². The summed E-state index contributed by atoms with van der Waals surface area (Å²) in [7, 11) is -3.50. The van der Waals surface area contributed by atoms with Crippen LogP contribution in [0.4, 0.5) is 0 Å². The number of carbonyl (C=O) groups is 2. The van der Waals surface area contributed by atoms with Crippen LogP contribution >= 0.6 is 11.8 Å². The number of hydrogen-bond acceptors (Lipinski definition) is 7. The number of fused-ring (bicyclic) bond motifs is 1. The van der Waals surface area contributed by atoms with Crippen molar-refractivity contribution in [2.75, 3.05) is 5.75 Å². The van der Waals surface area contributed by atoms with Crippen LogP contribution in [0.15, 0.2) is 12.2 Å². The molecule has 3 rings (SSSR count). The molecule has 5 unspecified atom stereocenters. The van der Waals surface area contributed by atoms with E-state index in [0.717, 1.165) is 18.2 Å². The summed E-state index contributed by atoms with van der Waals surface area (Å²) in [5.41, 5.74) is 0.376. The van der Waals surface area contributed by atoms with Crippen molar-refractivity contribution in [2.45, 2.75) is 37.2 Å². The molecule has 0 radical (unpaired) electrons. The normalized spacial score (nSPS) is 38.4. The fourth-order valence-electron chi connectivity index (χ4n) is 3.48. The van der Waals surface area contributed by atoms with Gasteiger partial charge in [0.15, 0.2) is 0 Å². The van der Waals surface area contributed by atoms with Gasteiger partial charge < -0.3 is 4.74 Å². The third-order valence-corrected chi connectivity index (χ3v) is 7.12. The summed E-state index contributed by atoms with van der Waals surface area (Å²) >= 11 is 0.843. The average molecular weight is 332 g/mol. The summed E-state index contributed by atoms with van der Waals surface area (Å²) in [6, 6.07) is 0. The van der Waals surface area contributed by atoms with E-state index in [4.69, 9.17) is 8.92 Å². The van der Waals surface area contributed by atoms with Crippen LogP contribution in [0, 0.1) is 11.8 Å². The van der Waals surface area contributed by atoms with Gasteiger partial charge in [-0.3, -0.25) is 13.8 Å². The predicted molar refractivity (Wildman–Crippen MR) is 76.0 cm³/mol. The summed E-state index contributed by atoms with van der Waals surface area (Å²) in [6.45, 7) is 5.08. The second kappa shape index (κ2) is 5.10. The third-order valence-electron chi connectivity index (χ3n) is 4.35. The Morgan fingerprint density at radius 1 is 1.38 bits per heavy atom. The second-order valence-corrected chi connectivity index (χ2v) is 8.53. The molecule has 5 atom stereocenters. The Hall–Kier alpha value is -0.860. The lowest BCUT2D eigenvalue weighted by molar-refractivity contribution is -0.152. The van der Waals surface area contributed by atoms with Crippen LogP contribution in [-0.4, -0.2) is 42.7 Å². The first-order valence-corrected chi connectivity index (χ1v) is 9.19. The van der Waals surface area contributed by atoms with E-state index in [1.165, 1.54) is 0 Å². The van der Waals surface area contributed by atoms with Gasteiger partial charge in [0.1, 0.15) is 12.2 Å². The summed E-state index contributed by atoms with van der Waals surface area (Å²) in [4.78, 5) is 23.2. The van der Waals surface area contributed by atoms with E-state index in [2.05, 4.69) is 6.58 Å².